The summed E-state index contributed by atoms with van der Waals surface area (Å²) in [5, 5.41) is 1.06. The van der Waals surface area contributed by atoms with Gasteiger partial charge in [0.15, 0.2) is 0 Å². The highest BCUT2D eigenvalue weighted by Gasteiger charge is 2.19. The van der Waals surface area contributed by atoms with Gasteiger partial charge in [-0.2, -0.15) is 4.99 Å². The van der Waals surface area contributed by atoms with E-state index in [1.807, 2.05) is 51.1 Å². The average molecular weight is 226 g/mol. The van der Waals surface area contributed by atoms with Gasteiger partial charge in [-0.15, -0.1) is 0 Å². The van der Waals surface area contributed by atoms with Crippen LogP contribution >= 0.6 is 0 Å². The first kappa shape index (κ1) is 11.5. The number of nitrogens with zero attached hydrogens (tertiary/aromatic N) is 2. The zero-order valence-electron chi connectivity index (χ0n) is 10.2. The highest BCUT2D eigenvalue weighted by molar-refractivity contribution is 5.79. The Kier molecular flexibility index (Phi) is 2.78. The third kappa shape index (κ3) is 2.24. The van der Waals surface area contributed by atoms with Crippen molar-refractivity contribution in [2.45, 2.75) is 26.3 Å². The summed E-state index contributed by atoms with van der Waals surface area (Å²) in [4.78, 5) is 18.7. The summed E-state index contributed by atoms with van der Waals surface area (Å²) in [7, 11) is 0. The van der Waals surface area contributed by atoms with Crippen LogP contribution in [0.4, 0.5) is 0 Å². The van der Waals surface area contributed by atoms with E-state index >= 15 is 0 Å². The van der Waals surface area contributed by atoms with Gasteiger partial charge in [0.25, 0.3) is 0 Å². The van der Waals surface area contributed by atoms with E-state index in [4.69, 9.17) is 0 Å². The summed E-state index contributed by atoms with van der Waals surface area (Å²) in [6, 6.07) is 9.93. The Morgan fingerprint density at radius 3 is 2.71 bits per heavy atom. The third-order valence-corrected chi connectivity index (χ3v) is 2.86. The van der Waals surface area contributed by atoms with Crippen LogP contribution in [0.25, 0.3) is 10.9 Å². The average Bonchev–Trinajstić information content (AvgIpc) is 2.28. The van der Waals surface area contributed by atoms with E-state index in [-0.39, 0.29) is 0 Å². The van der Waals surface area contributed by atoms with Gasteiger partial charge in [-0.3, -0.25) is 4.98 Å². The van der Waals surface area contributed by atoms with Crippen molar-refractivity contribution in [3.05, 3.63) is 41.6 Å². The van der Waals surface area contributed by atoms with Gasteiger partial charge in [0.05, 0.1) is 11.1 Å². The molecule has 0 N–H and O–H groups in total. The summed E-state index contributed by atoms with van der Waals surface area (Å²) in [5.41, 5.74) is 2.40. The van der Waals surface area contributed by atoms with Crippen LogP contribution in [0, 0.1) is 6.92 Å². The molecule has 0 saturated heterocycles. The number of hydrogen-bond acceptors (Lipinski definition) is 3. The number of pyridine rings is 1. The highest BCUT2D eigenvalue weighted by atomic mass is 16.1. The standard InChI is InChI=1S/C14H14N2O/c1-10-4-5-11-8-12(6-7-13(11)16-10)14(2,3)15-9-17/h4-8H,1-3H3. The zero-order chi connectivity index (χ0) is 12.5. The fourth-order valence-corrected chi connectivity index (χ4v) is 1.79. The molecule has 0 atom stereocenters. The van der Waals surface area contributed by atoms with Crippen molar-refractivity contribution in [3.63, 3.8) is 0 Å². The molecule has 0 spiro atoms. The smallest absolute Gasteiger partial charge is 0.235 e. The summed E-state index contributed by atoms with van der Waals surface area (Å²) in [6.07, 6.45) is 1.62. The van der Waals surface area contributed by atoms with Gasteiger partial charge < -0.3 is 0 Å². The lowest BCUT2D eigenvalue weighted by molar-refractivity contribution is 0.523. The van der Waals surface area contributed by atoms with Gasteiger partial charge in [0, 0.05) is 11.1 Å². The van der Waals surface area contributed by atoms with Crippen molar-refractivity contribution in [2.24, 2.45) is 4.99 Å². The molecule has 86 valence electrons. The maximum Gasteiger partial charge on any atom is 0.235 e. The van der Waals surface area contributed by atoms with E-state index in [1.165, 1.54) is 0 Å². The second-order valence-electron chi connectivity index (χ2n) is 4.62. The van der Waals surface area contributed by atoms with Crippen molar-refractivity contribution < 1.29 is 4.79 Å². The number of isocyanates is 1. The van der Waals surface area contributed by atoms with Gasteiger partial charge in [0.1, 0.15) is 0 Å². The molecule has 2 aromatic rings. The normalized spacial score (nSPS) is 11.2. The molecule has 3 heteroatoms. The molecule has 3 nitrogen and oxygen atoms in total. The summed E-state index contributed by atoms with van der Waals surface area (Å²) in [5.74, 6) is 0. The van der Waals surface area contributed by atoms with Crippen LogP contribution in [0.1, 0.15) is 25.1 Å². The number of fused-ring (bicyclic) bond motifs is 1. The topological polar surface area (TPSA) is 42.3 Å². The minimum Gasteiger partial charge on any atom is -0.253 e. The van der Waals surface area contributed by atoms with E-state index < -0.39 is 5.54 Å². The highest BCUT2D eigenvalue weighted by Crippen LogP contribution is 2.27. The first-order valence-electron chi connectivity index (χ1n) is 5.50. The van der Waals surface area contributed by atoms with Crippen molar-refractivity contribution in [2.75, 3.05) is 0 Å². The molecule has 0 saturated carbocycles. The Hall–Kier alpha value is -1.99. The van der Waals surface area contributed by atoms with Crippen LogP contribution in [0.2, 0.25) is 0 Å². The van der Waals surface area contributed by atoms with Crippen LogP contribution in [0.5, 0.6) is 0 Å². The predicted octanol–water partition coefficient (Wildman–Crippen LogP) is 3.11. The number of aryl methyl sites for hydroxylation is 1. The van der Waals surface area contributed by atoms with Crippen LogP contribution < -0.4 is 0 Å². The van der Waals surface area contributed by atoms with Crippen LogP contribution in [0.3, 0.4) is 0 Å². The Morgan fingerprint density at radius 2 is 2.00 bits per heavy atom. The molecule has 0 aliphatic heterocycles. The molecule has 2 rings (SSSR count). The molecular formula is C14H14N2O. The molecular weight excluding hydrogens is 212 g/mol. The lowest BCUT2D eigenvalue weighted by atomic mass is 9.94. The maximum atomic E-state index is 10.4. The lowest BCUT2D eigenvalue weighted by Crippen LogP contribution is -2.13. The fourth-order valence-electron chi connectivity index (χ4n) is 1.79. The molecule has 0 fully saturated rings. The van der Waals surface area contributed by atoms with E-state index in [1.54, 1.807) is 6.08 Å². The van der Waals surface area contributed by atoms with Crippen LogP contribution in [0.15, 0.2) is 35.3 Å². The number of carbonyl (C=O) groups excluding carboxylic acids is 1. The van der Waals surface area contributed by atoms with E-state index in [2.05, 4.69) is 9.98 Å². The number of benzene rings is 1. The third-order valence-electron chi connectivity index (χ3n) is 2.86. The predicted molar refractivity (Wildman–Crippen MR) is 67.6 cm³/mol. The van der Waals surface area contributed by atoms with Crippen molar-refractivity contribution >= 4 is 17.0 Å². The van der Waals surface area contributed by atoms with Crippen LogP contribution in [-0.4, -0.2) is 11.1 Å². The van der Waals surface area contributed by atoms with Gasteiger partial charge >= 0.3 is 0 Å². The number of hydrogen-bond donors (Lipinski definition) is 0. The minimum atomic E-state index is -0.541. The number of aliphatic imine (C=N–C) groups is 1. The molecule has 0 aliphatic rings. The molecule has 0 aliphatic carbocycles. The van der Waals surface area contributed by atoms with Crippen LogP contribution in [-0.2, 0) is 10.3 Å². The number of aromatic nitrogens is 1. The lowest BCUT2D eigenvalue weighted by Gasteiger charge is -2.18. The Labute approximate surface area is 100 Å². The second-order valence-corrected chi connectivity index (χ2v) is 4.62. The molecule has 0 unspecified atom stereocenters. The van der Waals surface area contributed by atoms with E-state index in [9.17, 15) is 4.79 Å². The van der Waals surface area contributed by atoms with E-state index in [0.717, 1.165) is 22.2 Å². The maximum absolute atomic E-state index is 10.4. The summed E-state index contributed by atoms with van der Waals surface area (Å²) in [6.45, 7) is 5.75. The second kappa shape index (κ2) is 4.11. The Morgan fingerprint density at radius 1 is 1.24 bits per heavy atom. The summed E-state index contributed by atoms with van der Waals surface area (Å²) >= 11 is 0. The fraction of sp³-hybridized carbons (Fsp3) is 0.286. The molecule has 0 amide bonds. The molecule has 1 aromatic carbocycles. The molecule has 17 heavy (non-hydrogen) atoms. The summed E-state index contributed by atoms with van der Waals surface area (Å²) < 4.78 is 0. The van der Waals surface area contributed by atoms with Gasteiger partial charge in [-0.1, -0.05) is 12.1 Å². The SMILES string of the molecule is Cc1ccc2cc(C(C)(C)N=C=O)ccc2n1. The minimum absolute atomic E-state index is 0.541. The van der Waals surface area contributed by atoms with Gasteiger partial charge in [0.2, 0.25) is 6.08 Å². The molecule has 1 aromatic heterocycles. The van der Waals surface area contributed by atoms with Crippen molar-refractivity contribution in [3.8, 4) is 0 Å². The quantitative estimate of drug-likeness (QED) is 0.583. The Bertz CT molecular complexity index is 611. The van der Waals surface area contributed by atoms with E-state index in [0.29, 0.717) is 0 Å². The largest absolute Gasteiger partial charge is 0.253 e. The first-order chi connectivity index (χ1) is 8.03. The molecule has 0 bridgehead atoms. The zero-order valence-corrected chi connectivity index (χ0v) is 10.2. The Balaban J connectivity index is 2.59. The molecule has 0 radical (unpaired) electrons. The first-order valence-corrected chi connectivity index (χ1v) is 5.50. The monoisotopic (exact) mass is 226 g/mol. The number of rotatable bonds is 2. The van der Waals surface area contributed by atoms with Crippen molar-refractivity contribution in [1.82, 2.24) is 4.98 Å². The molecule has 1 heterocycles. The van der Waals surface area contributed by atoms with Crippen molar-refractivity contribution in [1.29, 1.82) is 0 Å². The van der Waals surface area contributed by atoms with Gasteiger partial charge in [-0.25, -0.2) is 4.79 Å². The van der Waals surface area contributed by atoms with Gasteiger partial charge in [-0.05, 0) is 44.5 Å².